The Morgan fingerprint density at radius 3 is 2.55 bits per heavy atom. The minimum absolute atomic E-state index is 0.863. The van der Waals surface area contributed by atoms with Gasteiger partial charge in [0.05, 0.1) is 0 Å². The predicted molar refractivity (Wildman–Crippen MR) is 125 cm³/mol. The molecular formula is C26H21N3. The summed E-state index contributed by atoms with van der Waals surface area (Å²) in [6.45, 7) is 10.3. The minimum atomic E-state index is 0.863. The van der Waals surface area contributed by atoms with Crippen molar-refractivity contribution < 1.29 is 0 Å². The van der Waals surface area contributed by atoms with Crippen molar-refractivity contribution in [1.29, 1.82) is 0 Å². The van der Waals surface area contributed by atoms with Crippen molar-refractivity contribution in [1.82, 2.24) is 15.0 Å². The molecule has 0 aliphatic carbocycles. The van der Waals surface area contributed by atoms with Crippen molar-refractivity contribution in [2.45, 2.75) is 6.92 Å². The Kier molecular flexibility index (Phi) is 3.95. The molecule has 3 heterocycles. The number of hydrogen-bond donors (Lipinski definition) is 2. The first-order valence-corrected chi connectivity index (χ1v) is 9.63. The Labute approximate surface area is 169 Å². The lowest BCUT2D eigenvalue weighted by Gasteiger charge is -2.09. The number of nitrogens with one attached hydrogen (secondary N) is 2. The van der Waals surface area contributed by atoms with Gasteiger partial charge in [0.15, 0.2) is 0 Å². The summed E-state index contributed by atoms with van der Waals surface area (Å²) in [4.78, 5) is 11.3. The monoisotopic (exact) mass is 375 g/mol. The molecule has 0 fully saturated rings. The predicted octanol–water partition coefficient (Wildman–Crippen LogP) is 6.96. The van der Waals surface area contributed by atoms with E-state index < -0.39 is 0 Å². The summed E-state index contributed by atoms with van der Waals surface area (Å²) < 4.78 is 0. The molecule has 5 aromatic rings. The number of para-hydroxylation sites is 1. The molecule has 3 aromatic heterocycles. The quantitative estimate of drug-likeness (QED) is 0.328. The molecule has 2 aromatic carbocycles. The van der Waals surface area contributed by atoms with Gasteiger partial charge in [-0.15, -0.1) is 0 Å². The van der Waals surface area contributed by atoms with Crippen LogP contribution in [0.3, 0.4) is 0 Å². The number of benzene rings is 2. The van der Waals surface area contributed by atoms with E-state index in [1.165, 1.54) is 10.8 Å². The minimum Gasteiger partial charge on any atom is -0.355 e. The normalized spacial score (nSPS) is 12.1. The lowest BCUT2D eigenvalue weighted by molar-refractivity contribution is 1.31. The number of allylic oxidation sites excluding steroid dienone is 2. The van der Waals surface area contributed by atoms with E-state index in [2.05, 4.69) is 82.7 Å². The first-order chi connectivity index (χ1) is 14.2. The van der Waals surface area contributed by atoms with Gasteiger partial charge < -0.3 is 9.97 Å². The van der Waals surface area contributed by atoms with Gasteiger partial charge in [-0.05, 0) is 60.5 Å². The molecular weight excluding hydrogens is 354 g/mol. The molecule has 0 saturated carbocycles. The Morgan fingerprint density at radius 2 is 1.72 bits per heavy atom. The van der Waals surface area contributed by atoms with Crippen LogP contribution in [0.15, 0.2) is 79.5 Å². The third-order valence-electron chi connectivity index (χ3n) is 5.41. The van der Waals surface area contributed by atoms with Gasteiger partial charge >= 0.3 is 0 Å². The van der Waals surface area contributed by atoms with Crippen LogP contribution in [0, 0.1) is 0 Å². The summed E-state index contributed by atoms with van der Waals surface area (Å²) in [5.41, 5.74) is 8.45. The summed E-state index contributed by atoms with van der Waals surface area (Å²) in [6, 6.07) is 19.0. The number of aromatic nitrogens is 3. The fourth-order valence-electron chi connectivity index (χ4n) is 3.99. The number of nitrogens with zero attached hydrogens (tertiary/aromatic N) is 1. The van der Waals surface area contributed by atoms with Gasteiger partial charge in [0.2, 0.25) is 0 Å². The van der Waals surface area contributed by atoms with Crippen LogP contribution >= 0.6 is 0 Å². The second kappa shape index (κ2) is 6.64. The molecule has 140 valence electrons. The molecule has 0 atom stereocenters. The molecule has 0 aliphatic heterocycles. The molecule has 2 N–H and O–H groups in total. The smallest absolute Gasteiger partial charge is 0.138 e. The van der Waals surface area contributed by atoms with E-state index in [9.17, 15) is 0 Å². The third kappa shape index (κ3) is 2.79. The highest BCUT2D eigenvalue weighted by atomic mass is 14.9. The highest BCUT2D eigenvalue weighted by Crippen LogP contribution is 2.33. The third-order valence-corrected chi connectivity index (χ3v) is 5.41. The van der Waals surface area contributed by atoms with Crippen molar-refractivity contribution in [2.24, 2.45) is 0 Å². The Hall–Kier alpha value is -3.85. The summed E-state index contributed by atoms with van der Waals surface area (Å²) >= 11 is 0. The first-order valence-electron chi connectivity index (χ1n) is 9.63. The number of fused-ring (bicyclic) bond motifs is 4. The molecule has 0 aliphatic rings. The number of aromatic amines is 2. The SMILES string of the molecule is C=Cc1[nH]c2ncccc2c1/C=C(\C(=C)C)c1ccc2[nH]c3ccccc3c2c1. The van der Waals surface area contributed by atoms with Gasteiger partial charge in [-0.1, -0.05) is 43.0 Å². The fraction of sp³-hybridized carbons (Fsp3) is 0.0385. The second-order valence-electron chi connectivity index (χ2n) is 7.33. The van der Waals surface area contributed by atoms with Crippen LogP contribution in [0.1, 0.15) is 23.7 Å². The van der Waals surface area contributed by atoms with Crippen molar-refractivity contribution in [3.63, 3.8) is 0 Å². The van der Waals surface area contributed by atoms with Crippen LogP contribution in [0.25, 0.3) is 50.6 Å². The topological polar surface area (TPSA) is 44.5 Å². The average molecular weight is 375 g/mol. The maximum absolute atomic E-state index is 4.44. The fourth-order valence-corrected chi connectivity index (χ4v) is 3.99. The Bertz CT molecular complexity index is 1440. The molecule has 3 nitrogen and oxygen atoms in total. The van der Waals surface area contributed by atoms with Crippen molar-refractivity contribution in [3.05, 3.63) is 96.3 Å². The average Bonchev–Trinajstić information content (AvgIpc) is 3.29. The van der Waals surface area contributed by atoms with E-state index in [0.717, 1.165) is 50.0 Å². The number of H-pyrrole nitrogens is 2. The Morgan fingerprint density at radius 1 is 0.931 bits per heavy atom. The molecule has 0 radical (unpaired) electrons. The maximum Gasteiger partial charge on any atom is 0.138 e. The highest BCUT2D eigenvalue weighted by Gasteiger charge is 2.12. The summed E-state index contributed by atoms with van der Waals surface area (Å²) in [5.74, 6) is 0. The van der Waals surface area contributed by atoms with Crippen molar-refractivity contribution >= 4 is 50.6 Å². The van der Waals surface area contributed by atoms with Gasteiger partial charge in [-0.3, -0.25) is 0 Å². The van der Waals surface area contributed by atoms with Gasteiger partial charge in [-0.2, -0.15) is 0 Å². The zero-order valence-electron chi connectivity index (χ0n) is 16.3. The lowest BCUT2D eigenvalue weighted by atomic mass is 9.95. The molecule has 3 heteroatoms. The lowest BCUT2D eigenvalue weighted by Crippen LogP contribution is -1.87. The van der Waals surface area contributed by atoms with Crippen molar-refractivity contribution in [2.75, 3.05) is 0 Å². The van der Waals surface area contributed by atoms with Crippen molar-refractivity contribution in [3.8, 4) is 0 Å². The number of rotatable bonds is 4. The van der Waals surface area contributed by atoms with Gasteiger partial charge in [0.1, 0.15) is 5.65 Å². The van der Waals surface area contributed by atoms with E-state index in [1.807, 2.05) is 19.1 Å². The van der Waals surface area contributed by atoms with Crippen LogP contribution in [-0.4, -0.2) is 15.0 Å². The van der Waals surface area contributed by atoms with Gasteiger partial charge in [-0.25, -0.2) is 4.98 Å². The molecule has 29 heavy (non-hydrogen) atoms. The zero-order valence-corrected chi connectivity index (χ0v) is 16.3. The summed E-state index contributed by atoms with van der Waals surface area (Å²) in [6.07, 6.45) is 5.83. The highest BCUT2D eigenvalue weighted by molar-refractivity contribution is 6.09. The molecule has 0 bridgehead atoms. The molecule has 0 spiro atoms. The molecule has 5 rings (SSSR count). The standard InChI is InChI=1S/C26H21N3/c1-4-23-22(19-9-7-13-27-26(19)29-23)15-20(16(2)3)17-11-12-25-21(14-17)18-8-5-6-10-24(18)28-25/h4-15,28H,1-2H2,3H3,(H,27,29)/b20-15+. The number of pyridine rings is 1. The Balaban J connectivity index is 1.75. The molecule has 0 amide bonds. The van der Waals surface area contributed by atoms with Crippen LogP contribution < -0.4 is 0 Å². The number of hydrogen-bond acceptors (Lipinski definition) is 1. The summed E-state index contributed by atoms with van der Waals surface area (Å²) in [7, 11) is 0. The molecule has 0 unspecified atom stereocenters. The maximum atomic E-state index is 4.44. The van der Waals surface area contributed by atoms with E-state index in [4.69, 9.17) is 0 Å². The van der Waals surface area contributed by atoms with Crippen LogP contribution in [0.5, 0.6) is 0 Å². The van der Waals surface area contributed by atoms with Crippen LogP contribution in [0.4, 0.5) is 0 Å². The van der Waals surface area contributed by atoms with Gasteiger partial charge in [0, 0.05) is 44.6 Å². The van der Waals surface area contributed by atoms with E-state index >= 15 is 0 Å². The summed E-state index contributed by atoms with van der Waals surface area (Å²) in [5, 5.41) is 3.53. The molecule has 0 saturated heterocycles. The van der Waals surface area contributed by atoms with E-state index in [-0.39, 0.29) is 0 Å². The van der Waals surface area contributed by atoms with Crippen LogP contribution in [-0.2, 0) is 0 Å². The van der Waals surface area contributed by atoms with E-state index in [0.29, 0.717) is 0 Å². The zero-order chi connectivity index (χ0) is 20.0. The van der Waals surface area contributed by atoms with Crippen LogP contribution in [0.2, 0.25) is 0 Å². The van der Waals surface area contributed by atoms with Gasteiger partial charge in [0.25, 0.3) is 0 Å². The van der Waals surface area contributed by atoms with E-state index in [1.54, 1.807) is 6.20 Å². The largest absolute Gasteiger partial charge is 0.355 e. The second-order valence-corrected chi connectivity index (χ2v) is 7.33. The first kappa shape index (κ1) is 17.3.